The number of carbonyl (C=O) groups is 3. The van der Waals surface area contributed by atoms with Crippen LogP contribution in [0.25, 0.3) is 0 Å². The Morgan fingerprint density at radius 2 is 1.35 bits per heavy atom. The lowest BCUT2D eigenvalue weighted by Gasteiger charge is -2.52. The molecule has 0 aromatic carbocycles. The Morgan fingerprint density at radius 3 is 1.87 bits per heavy atom. The smallest absolute Gasteiger partial charge is 0.315 e. The van der Waals surface area contributed by atoms with Crippen LogP contribution in [0.2, 0.25) is 0 Å². The standard InChI is InChI=1S/C53H98N2O14/c1-17-19-20-21-22-23-24-25-26-27-28-37(47(60)55(14)15)52(10)46(68-40-31-51(9,64-16)44(59)36(7)66-40)35(6)45(69-48-42(57)38(54(12)13)29-33(4)65-48)50(8,62)30-32(3)41(56)34(5)43(58)53(11,63)39(18-2)67-49(52)61/h32-40,42-46,48,57-59,62-63H,17-31H2,1-16H3/t32-,33+,34+,35-,36+,37?,38-,39-,40?,42+,43-,44+,45-,46+,48?,50-,51-,52+,53-/m1/s1. The highest BCUT2D eigenvalue weighted by Gasteiger charge is 2.61. The molecule has 3 unspecified atom stereocenters. The second-order valence-electron chi connectivity index (χ2n) is 22.6. The van der Waals surface area contributed by atoms with Gasteiger partial charge in [0.15, 0.2) is 12.6 Å². The van der Waals surface area contributed by atoms with Crippen molar-refractivity contribution < 1.29 is 68.3 Å². The van der Waals surface area contributed by atoms with E-state index in [1.165, 1.54) is 58.5 Å². The molecule has 19 atom stereocenters. The van der Waals surface area contributed by atoms with E-state index in [-0.39, 0.29) is 37.7 Å². The number of unbranched alkanes of at least 4 members (excludes halogenated alkanes) is 9. The normalized spacial score (nSPS) is 41.4. The van der Waals surface area contributed by atoms with Crippen LogP contribution in [-0.2, 0) is 42.8 Å². The van der Waals surface area contributed by atoms with Crippen molar-refractivity contribution in [1.82, 2.24) is 9.80 Å². The molecule has 3 aliphatic heterocycles. The highest BCUT2D eigenvalue weighted by Crippen LogP contribution is 2.48. The molecule has 3 fully saturated rings. The number of carbonyl (C=O) groups excluding carboxylic acids is 3. The number of methoxy groups -OCH3 is 1. The van der Waals surface area contributed by atoms with Gasteiger partial charge < -0.3 is 63.8 Å². The zero-order chi connectivity index (χ0) is 52.4. The molecule has 1 amide bonds. The highest BCUT2D eigenvalue weighted by atomic mass is 16.7. The van der Waals surface area contributed by atoms with Crippen LogP contribution < -0.4 is 0 Å². The van der Waals surface area contributed by atoms with Gasteiger partial charge in [-0.2, -0.15) is 0 Å². The molecule has 3 aliphatic rings. The molecule has 69 heavy (non-hydrogen) atoms. The van der Waals surface area contributed by atoms with Crippen LogP contribution in [0.1, 0.15) is 172 Å². The third-order valence-corrected chi connectivity index (χ3v) is 16.2. The number of esters is 1. The lowest BCUT2D eigenvalue weighted by Crippen LogP contribution is -2.64. The largest absolute Gasteiger partial charge is 0.459 e. The van der Waals surface area contributed by atoms with Crippen molar-refractivity contribution >= 4 is 17.7 Å². The number of aliphatic hydroxyl groups excluding tert-OH is 3. The molecule has 16 nitrogen and oxygen atoms in total. The molecule has 0 aliphatic carbocycles. The first-order chi connectivity index (χ1) is 32.1. The molecule has 3 rings (SSSR count). The van der Waals surface area contributed by atoms with Gasteiger partial charge in [0.25, 0.3) is 0 Å². The summed E-state index contributed by atoms with van der Waals surface area (Å²) in [5, 5.41) is 60.3. The van der Waals surface area contributed by atoms with Gasteiger partial charge in [0.2, 0.25) is 5.91 Å². The van der Waals surface area contributed by atoms with Crippen LogP contribution in [0.4, 0.5) is 0 Å². The fraction of sp³-hybridized carbons (Fsp3) is 0.943. The SMILES string of the molecule is CCCCCCCCCCCCC(C(=O)N(C)C)[C@]1(C)C(=O)O[C@H](CC)[C@@](C)(O)[C@H](O)[C@@H](C)C(=O)[C@H](C)C[C@@](C)(O)[C@H](OC2O[C@@H](C)C[C@@H](N(C)C)[C@@H]2O)[C@@H](C)[C@@H]1OC1C[C@@](C)(OC)[C@@H](O)[C@H](C)O1. The van der Waals surface area contributed by atoms with Crippen molar-refractivity contribution in [3.8, 4) is 0 Å². The Hall–Kier alpha value is -1.83. The second kappa shape index (κ2) is 26.4. The van der Waals surface area contributed by atoms with Gasteiger partial charge in [-0.3, -0.25) is 14.4 Å². The summed E-state index contributed by atoms with van der Waals surface area (Å²) in [7, 11) is 8.42. The summed E-state index contributed by atoms with van der Waals surface area (Å²) < 4.78 is 39.1. The number of hydrogen-bond donors (Lipinski definition) is 5. The molecule has 0 spiro atoms. The fourth-order valence-corrected chi connectivity index (χ4v) is 11.7. The Morgan fingerprint density at radius 1 is 0.783 bits per heavy atom. The minimum atomic E-state index is -2.15. The molecular weight excluding hydrogens is 889 g/mol. The Labute approximate surface area is 415 Å². The van der Waals surface area contributed by atoms with Gasteiger partial charge in [-0.1, -0.05) is 98.8 Å². The van der Waals surface area contributed by atoms with Gasteiger partial charge in [0.1, 0.15) is 35.1 Å². The molecule has 0 aromatic rings. The lowest BCUT2D eigenvalue weighted by atomic mass is 9.64. The van der Waals surface area contributed by atoms with E-state index in [0.717, 1.165) is 32.1 Å². The number of hydrogen-bond acceptors (Lipinski definition) is 15. The van der Waals surface area contributed by atoms with E-state index in [1.807, 2.05) is 25.9 Å². The second-order valence-corrected chi connectivity index (χ2v) is 22.6. The monoisotopic (exact) mass is 987 g/mol. The van der Waals surface area contributed by atoms with Crippen molar-refractivity contribution in [2.45, 2.75) is 257 Å². The van der Waals surface area contributed by atoms with Crippen LogP contribution in [0, 0.1) is 29.1 Å². The number of amides is 1. The number of aliphatic hydroxyl groups is 5. The van der Waals surface area contributed by atoms with Crippen molar-refractivity contribution in [2.75, 3.05) is 35.3 Å². The quantitative estimate of drug-likeness (QED) is 0.0682. The minimum Gasteiger partial charge on any atom is -0.459 e. The van der Waals surface area contributed by atoms with E-state index in [0.29, 0.717) is 12.8 Å². The number of Topliss-reactive ketones (excluding diaryl/α,β-unsaturated/α-hetero) is 1. The summed E-state index contributed by atoms with van der Waals surface area (Å²) in [4.78, 5) is 48.5. The first-order valence-electron chi connectivity index (χ1n) is 26.3. The lowest BCUT2D eigenvalue weighted by molar-refractivity contribution is -0.324. The molecule has 5 N–H and O–H groups in total. The Balaban J connectivity index is 2.41. The van der Waals surface area contributed by atoms with Gasteiger partial charge in [0, 0.05) is 51.4 Å². The first-order valence-corrected chi connectivity index (χ1v) is 26.3. The molecule has 0 saturated carbocycles. The molecule has 16 heteroatoms. The Kier molecular flexibility index (Phi) is 23.5. The van der Waals surface area contributed by atoms with Gasteiger partial charge in [-0.15, -0.1) is 0 Å². The van der Waals surface area contributed by atoms with Crippen molar-refractivity contribution in [3.63, 3.8) is 0 Å². The average molecular weight is 987 g/mol. The maximum absolute atomic E-state index is 15.9. The molecule has 0 bridgehead atoms. The number of ketones is 1. The third kappa shape index (κ3) is 14.9. The van der Waals surface area contributed by atoms with Crippen molar-refractivity contribution in [2.24, 2.45) is 29.1 Å². The Bertz CT molecular complexity index is 1600. The van der Waals surface area contributed by atoms with E-state index in [9.17, 15) is 30.3 Å². The van der Waals surface area contributed by atoms with E-state index in [4.69, 9.17) is 28.4 Å². The summed E-state index contributed by atoms with van der Waals surface area (Å²) in [5.41, 5.74) is -7.23. The predicted octanol–water partition coefficient (Wildman–Crippen LogP) is 6.17. The van der Waals surface area contributed by atoms with Crippen LogP contribution >= 0.6 is 0 Å². The molecule has 3 saturated heterocycles. The highest BCUT2D eigenvalue weighted by molar-refractivity contribution is 5.88. The summed E-state index contributed by atoms with van der Waals surface area (Å²) in [6.07, 6.45) is -0.798. The summed E-state index contributed by atoms with van der Waals surface area (Å²) in [6.45, 7) is 18.6. The van der Waals surface area contributed by atoms with E-state index in [2.05, 4.69) is 6.92 Å². The van der Waals surface area contributed by atoms with Crippen LogP contribution in [-0.4, -0.2) is 173 Å². The molecular formula is C53H98N2O14. The summed E-state index contributed by atoms with van der Waals surface area (Å²) in [6, 6.07) is -0.398. The van der Waals surface area contributed by atoms with Crippen LogP contribution in [0.5, 0.6) is 0 Å². The summed E-state index contributed by atoms with van der Waals surface area (Å²) >= 11 is 0. The number of nitrogens with zero attached hydrogens (tertiary/aromatic N) is 2. The topological polar surface area (TPSA) is 214 Å². The minimum absolute atomic E-state index is 0.00952. The van der Waals surface area contributed by atoms with Crippen LogP contribution in [0.15, 0.2) is 0 Å². The van der Waals surface area contributed by atoms with Gasteiger partial charge in [0.05, 0.1) is 47.6 Å². The number of ether oxygens (including phenoxy) is 6. The zero-order valence-corrected chi connectivity index (χ0v) is 45.6. The fourth-order valence-electron chi connectivity index (χ4n) is 11.7. The number of likely N-dealkylation sites (N-methyl/N-ethyl adjacent to an activating group) is 1. The number of cyclic esters (lactones) is 1. The number of rotatable bonds is 20. The molecule has 0 radical (unpaired) electrons. The zero-order valence-electron chi connectivity index (χ0n) is 45.6. The predicted molar refractivity (Wildman–Crippen MR) is 264 cm³/mol. The first kappa shape index (κ1) is 61.5. The van der Waals surface area contributed by atoms with Gasteiger partial charge in [-0.25, -0.2) is 0 Å². The molecule has 3 heterocycles. The van der Waals surface area contributed by atoms with E-state index < -0.39 is 119 Å². The van der Waals surface area contributed by atoms with Crippen molar-refractivity contribution in [1.29, 1.82) is 0 Å². The van der Waals surface area contributed by atoms with Crippen LogP contribution in [0.3, 0.4) is 0 Å². The van der Waals surface area contributed by atoms with Gasteiger partial charge >= 0.3 is 5.97 Å². The summed E-state index contributed by atoms with van der Waals surface area (Å²) in [5.74, 6) is -6.03. The maximum atomic E-state index is 15.9. The third-order valence-electron chi connectivity index (χ3n) is 16.2. The van der Waals surface area contributed by atoms with E-state index >= 15 is 9.59 Å². The van der Waals surface area contributed by atoms with E-state index in [1.54, 1.807) is 55.6 Å². The van der Waals surface area contributed by atoms with Gasteiger partial charge in [-0.05, 0) is 81.3 Å². The molecule has 0 aromatic heterocycles. The maximum Gasteiger partial charge on any atom is 0.315 e. The van der Waals surface area contributed by atoms with Crippen molar-refractivity contribution in [3.05, 3.63) is 0 Å². The average Bonchev–Trinajstić information content (AvgIpc) is 3.28. The molecule has 404 valence electrons.